The summed E-state index contributed by atoms with van der Waals surface area (Å²) in [6.07, 6.45) is 9.57. The predicted octanol–water partition coefficient (Wildman–Crippen LogP) is 2.98. The fourth-order valence-electron chi connectivity index (χ4n) is 4.19. The van der Waals surface area contributed by atoms with E-state index < -0.39 is 0 Å². The lowest BCUT2D eigenvalue weighted by Gasteiger charge is -2.47. The molecule has 1 heterocycles. The summed E-state index contributed by atoms with van der Waals surface area (Å²) in [4.78, 5) is 2.92. The molecule has 4 unspecified atom stereocenters. The third kappa shape index (κ3) is 2.98. The van der Waals surface area contributed by atoms with E-state index in [2.05, 4.69) is 42.1 Å². The highest BCUT2D eigenvalue weighted by atomic mass is 32.2. The Morgan fingerprint density at radius 2 is 1.95 bits per heavy atom. The van der Waals surface area contributed by atoms with Gasteiger partial charge in [-0.3, -0.25) is 4.90 Å². The van der Waals surface area contributed by atoms with E-state index in [0.717, 1.165) is 35.2 Å². The maximum absolute atomic E-state index is 3.85. The van der Waals surface area contributed by atoms with E-state index in [1.165, 1.54) is 45.2 Å². The molecule has 0 aromatic rings. The van der Waals surface area contributed by atoms with Crippen molar-refractivity contribution < 1.29 is 0 Å². The van der Waals surface area contributed by atoms with Gasteiger partial charge in [-0.1, -0.05) is 20.3 Å². The molecule has 0 aromatic carbocycles. The lowest BCUT2D eigenvalue weighted by atomic mass is 9.94. The van der Waals surface area contributed by atoms with Crippen molar-refractivity contribution in [2.24, 2.45) is 11.8 Å². The van der Waals surface area contributed by atoms with Crippen molar-refractivity contribution in [2.75, 3.05) is 19.3 Å². The van der Waals surface area contributed by atoms with Crippen LogP contribution in [0.4, 0.5) is 0 Å². The lowest BCUT2D eigenvalue weighted by molar-refractivity contribution is 0.0549. The van der Waals surface area contributed by atoms with Crippen LogP contribution in [0.5, 0.6) is 0 Å². The van der Waals surface area contributed by atoms with Gasteiger partial charge in [0, 0.05) is 36.5 Å². The van der Waals surface area contributed by atoms with Crippen molar-refractivity contribution in [2.45, 2.75) is 69.3 Å². The van der Waals surface area contributed by atoms with Crippen molar-refractivity contribution >= 4 is 11.8 Å². The zero-order chi connectivity index (χ0) is 13.4. The first-order valence-electron chi connectivity index (χ1n) is 8.22. The average Bonchev–Trinajstić information content (AvgIpc) is 3.15. The Bertz CT molecular complexity index is 303. The lowest BCUT2D eigenvalue weighted by Crippen LogP contribution is -2.62. The normalized spacial score (nSPS) is 41.1. The molecule has 0 spiro atoms. The first-order valence-corrected chi connectivity index (χ1v) is 9.51. The molecule has 4 atom stereocenters. The molecule has 3 fully saturated rings. The number of rotatable bonds is 4. The minimum atomic E-state index is 0.757. The average molecular weight is 282 g/mol. The topological polar surface area (TPSA) is 15.3 Å². The second-order valence-electron chi connectivity index (χ2n) is 7.13. The van der Waals surface area contributed by atoms with E-state index in [4.69, 9.17) is 0 Å². The van der Waals surface area contributed by atoms with Gasteiger partial charge in [-0.25, -0.2) is 0 Å². The summed E-state index contributed by atoms with van der Waals surface area (Å²) in [5, 5.41) is 4.74. The Morgan fingerprint density at radius 3 is 2.58 bits per heavy atom. The number of nitrogens with zero attached hydrogens (tertiary/aromatic N) is 1. The van der Waals surface area contributed by atoms with Gasteiger partial charge >= 0.3 is 0 Å². The quantitative estimate of drug-likeness (QED) is 0.853. The van der Waals surface area contributed by atoms with Crippen LogP contribution >= 0.6 is 11.8 Å². The molecule has 0 amide bonds. The number of piperazine rings is 1. The van der Waals surface area contributed by atoms with E-state index in [1.54, 1.807) is 0 Å². The molecule has 0 radical (unpaired) electrons. The van der Waals surface area contributed by atoms with E-state index in [0.29, 0.717) is 0 Å². The molecule has 3 aliphatic rings. The van der Waals surface area contributed by atoms with Crippen LogP contribution in [-0.2, 0) is 0 Å². The zero-order valence-corrected chi connectivity index (χ0v) is 13.6. The summed E-state index contributed by atoms with van der Waals surface area (Å²) in [5.41, 5.74) is 0. The largest absolute Gasteiger partial charge is 0.311 e. The Morgan fingerprint density at radius 1 is 1.16 bits per heavy atom. The molecule has 2 nitrogen and oxygen atoms in total. The summed E-state index contributed by atoms with van der Waals surface area (Å²) in [6, 6.07) is 2.40. The van der Waals surface area contributed by atoms with Gasteiger partial charge in [-0.05, 0) is 43.8 Å². The number of hydrogen-bond acceptors (Lipinski definition) is 3. The molecule has 1 saturated heterocycles. The molecule has 3 heteroatoms. The van der Waals surface area contributed by atoms with Crippen LogP contribution in [0.1, 0.15) is 46.0 Å². The zero-order valence-electron chi connectivity index (χ0n) is 12.8. The molecule has 19 heavy (non-hydrogen) atoms. The van der Waals surface area contributed by atoms with Crippen LogP contribution in [0.15, 0.2) is 0 Å². The van der Waals surface area contributed by atoms with Crippen LogP contribution in [-0.4, -0.2) is 47.6 Å². The Labute approximate surface area is 123 Å². The van der Waals surface area contributed by atoms with Crippen LogP contribution < -0.4 is 5.32 Å². The summed E-state index contributed by atoms with van der Waals surface area (Å²) >= 11 is 2.11. The van der Waals surface area contributed by atoms with Gasteiger partial charge < -0.3 is 5.32 Å². The van der Waals surface area contributed by atoms with Crippen LogP contribution in [0.3, 0.4) is 0 Å². The van der Waals surface area contributed by atoms with E-state index >= 15 is 0 Å². The molecule has 110 valence electrons. The Kier molecular flexibility index (Phi) is 4.45. The first kappa shape index (κ1) is 14.2. The highest BCUT2D eigenvalue weighted by Crippen LogP contribution is 2.39. The van der Waals surface area contributed by atoms with Crippen molar-refractivity contribution in [3.8, 4) is 0 Å². The Balaban J connectivity index is 1.72. The van der Waals surface area contributed by atoms with Crippen molar-refractivity contribution in [3.05, 3.63) is 0 Å². The molecule has 2 saturated carbocycles. The van der Waals surface area contributed by atoms with Gasteiger partial charge in [0.2, 0.25) is 0 Å². The van der Waals surface area contributed by atoms with E-state index in [1.807, 2.05) is 0 Å². The molecule has 1 N–H and O–H groups in total. The van der Waals surface area contributed by atoms with Crippen molar-refractivity contribution in [1.29, 1.82) is 0 Å². The highest BCUT2D eigenvalue weighted by Gasteiger charge is 2.43. The van der Waals surface area contributed by atoms with Gasteiger partial charge in [0.15, 0.2) is 0 Å². The molecular formula is C16H30N2S. The molecule has 1 aliphatic heterocycles. The maximum Gasteiger partial charge on any atom is 0.0247 e. The molecule has 2 aliphatic carbocycles. The van der Waals surface area contributed by atoms with Crippen LogP contribution in [0.25, 0.3) is 0 Å². The van der Waals surface area contributed by atoms with E-state index in [9.17, 15) is 0 Å². The Hall–Kier alpha value is 0.270. The predicted molar refractivity (Wildman–Crippen MR) is 84.8 cm³/mol. The fraction of sp³-hybridized carbons (Fsp3) is 1.00. The van der Waals surface area contributed by atoms with Crippen LogP contribution in [0, 0.1) is 11.8 Å². The molecule has 3 rings (SSSR count). The minimum Gasteiger partial charge on any atom is -0.311 e. The summed E-state index contributed by atoms with van der Waals surface area (Å²) in [6.45, 7) is 7.34. The number of hydrogen-bond donors (Lipinski definition) is 1. The summed E-state index contributed by atoms with van der Waals surface area (Å²) < 4.78 is 0. The molecule has 0 bridgehead atoms. The third-order valence-electron chi connectivity index (χ3n) is 5.53. The van der Waals surface area contributed by atoms with E-state index in [-0.39, 0.29) is 0 Å². The summed E-state index contributed by atoms with van der Waals surface area (Å²) in [7, 11) is 0. The van der Waals surface area contributed by atoms with Crippen LogP contribution in [0.2, 0.25) is 0 Å². The number of thioether (sulfide) groups is 1. The van der Waals surface area contributed by atoms with Crippen molar-refractivity contribution in [1.82, 2.24) is 10.2 Å². The fourth-order valence-corrected chi connectivity index (χ4v) is 5.20. The molecule has 0 aromatic heterocycles. The SMILES string of the molecule is CSC1CCCC1N1CC(C2CC2)NCC1C(C)C. The van der Waals surface area contributed by atoms with Gasteiger partial charge in [0.25, 0.3) is 0 Å². The van der Waals surface area contributed by atoms with Gasteiger partial charge in [0.05, 0.1) is 0 Å². The maximum atomic E-state index is 3.85. The second kappa shape index (κ2) is 5.95. The minimum absolute atomic E-state index is 0.757. The summed E-state index contributed by atoms with van der Waals surface area (Å²) in [5.74, 6) is 1.76. The van der Waals surface area contributed by atoms with Gasteiger partial charge in [-0.2, -0.15) is 11.8 Å². The first-order chi connectivity index (χ1) is 9.20. The monoisotopic (exact) mass is 282 g/mol. The van der Waals surface area contributed by atoms with Crippen molar-refractivity contribution in [3.63, 3.8) is 0 Å². The van der Waals surface area contributed by atoms with Gasteiger partial charge in [0.1, 0.15) is 0 Å². The molecular weight excluding hydrogens is 252 g/mol. The second-order valence-corrected chi connectivity index (χ2v) is 8.21. The smallest absolute Gasteiger partial charge is 0.0247 e. The number of nitrogens with one attached hydrogen (secondary N) is 1. The standard InChI is InChI=1S/C16H30N2S/c1-11(2)15-9-17-13(12-7-8-12)10-18(15)14-5-4-6-16(14)19-3/h11-17H,4-10H2,1-3H3. The highest BCUT2D eigenvalue weighted by molar-refractivity contribution is 7.99. The van der Waals surface area contributed by atoms with Gasteiger partial charge in [-0.15, -0.1) is 0 Å². The third-order valence-corrected chi connectivity index (χ3v) is 6.69.